The summed E-state index contributed by atoms with van der Waals surface area (Å²) in [4.78, 5) is 3.83. The molecule has 5 heteroatoms. The molecule has 0 saturated carbocycles. The van der Waals surface area contributed by atoms with E-state index in [9.17, 15) is 0 Å². The Balaban J connectivity index is 1.59. The van der Waals surface area contributed by atoms with E-state index in [2.05, 4.69) is 50.6 Å². The number of rotatable bonds is 5. The number of likely N-dealkylation sites (N-methyl/N-ethyl adjacent to an activating group) is 1. The van der Waals surface area contributed by atoms with Gasteiger partial charge in [0.1, 0.15) is 0 Å². The fraction of sp³-hybridized carbons (Fsp3) is 0.667. The van der Waals surface area contributed by atoms with Gasteiger partial charge >= 0.3 is 0 Å². The number of nitrogens with one attached hydrogen (secondary N) is 2. The smallest absolute Gasteiger partial charge is 0.0701 e. The van der Waals surface area contributed by atoms with Crippen LogP contribution in [-0.4, -0.2) is 50.7 Å². The number of hydrogen-bond donors (Lipinski definition) is 2. The standard InChI is InChI=1S/C12H20BrN3S/c1-16-7-6-15-10(9-16)8-14-5-4-11-2-3-12(13)17-11/h2-3,10,14-15H,4-9H2,1H3. The molecule has 1 fully saturated rings. The number of piperazine rings is 1. The summed E-state index contributed by atoms with van der Waals surface area (Å²) < 4.78 is 1.23. The van der Waals surface area contributed by atoms with Gasteiger partial charge in [-0.15, -0.1) is 11.3 Å². The lowest BCUT2D eigenvalue weighted by Gasteiger charge is -2.31. The molecule has 1 aliphatic rings. The summed E-state index contributed by atoms with van der Waals surface area (Å²) in [5, 5.41) is 7.08. The second kappa shape index (κ2) is 6.85. The highest BCUT2D eigenvalue weighted by Gasteiger charge is 2.15. The van der Waals surface area contributed by atoms with Crippen LogP contribution in [0.25, 0.3) is 0 Å². The molecule has 2 N–H and O–H groups in total. The maximum Gasteiger partial charge on any atom is 0.0701 e. The summed E-state index contributed by atoms with van der Waals surface area (Å²) in [6.07, 6.45) is 1.12. The summed E-state index contributed by atoms with van der Waals surface area (Å²) in [6, 6.07) is 4.92. The highest BCUT2D eigenvalue weighted by Crippen LogP contribution is 2.21. The van der Waals surface area contributed by atoms with Crippen LogP contribution in [0.3, 0.4) is 0 Å². The lowest BCUT2D eigenvalue weighted by Crippen LogP contribution is -2.53. The number of nitrogens with zero attached hydrogens (tertiary/aromatic N) is 1. The zero-order valence-electron chi connectivity index (χ0n) is 10.2. The maximum absolute atomic E-state index is 3.54. The van der Waals surface area contributed by atoms with Gasteiger partial charge in [0.2, 0.25) is 0 Å². The van der Waals surface area contributed by atoms with Crippen molar-refractivity contribution in [1.82, 2.24) is 15.5 Å². The van der Waals surface area contributed by atoms with Crippen molar-refractivity contribution in [3.05, 3.63) is 20.8 Å². The van der Waals surface area contributed by atoms with Crippen LogP contribution in [-0.2, 0) is 6.42 Å². The summed E-state index contributed by atoms with van der Waals surface area (Å²) in [5.41, 5.74) is 0. The predicted octanol–water partition coefficient (Wildman–Crippen LogP) is 1.55. The van der Waals surface area contributed by atoms with Gasteiger partial charge in [0.15, 0.2) is 0 Å². The van der Waals surface area contributed by atoms with E-state index in [0.717, 1.165) is 32.6 Å². The molecule has 2 rings (SSSR count). The lowest BCUT2D eigenvalue weighted by atomic mass is 10.2. The molecule has 1 aliphatic heterocycles. The van der Waals surface area contributed by atoms with Crippen molar-refractivity contribution in [2.24, 2.45) is 0 Å². The predicted molar refractivity (Wildman–Crippen MR) is 77.9 cm³/mol. The molecular formula is C12H20BrN3S. The fourth-order valence-electron chi connectivity index (χ4n) is 2.10. The highest BCUT2D eigenvalue weighted by atomic mass is 79.9. The van der Waals surface area contributed by atoms with Crippen LogP contribution in [0.15, 0.2) is 15.9 Å². The van der Waals surface area contributed by atoms with Crippen molar-refractivity contribution in [2.45, 2.75) is 12.5 Å². The Kier molecular flexibility index (Phi) is 5.44. The minimum atomic E-state index is 0.601. The zero-order valence-corrected chi connectivity index (χ0v) is 12.6. The lowest BCUT2D eigenvalue weighted by molar-refractivity contribution is 0.235. The van der Waals surface area contributed by atoms with Crippen molar-refractivity contribution in [3.63, 3.8) is 0 Å². The van der Waals surface area contributed by atoms with Crippen LogP contribution in [0.1, 0.15) is 4.88 Å². The second-order valence-corrected chi connectivity index (χ2v) is 7.12. The number of hydrogen-bond acceptors (Lipinski definition) is 4. The second-order valence-electron chi connectivity index (χ2n) is 4.57. The first-order valence-electron chi connectivity index (χ1n) is 6.11. The van der Waals surface area contributed by atoms with Gasteiger partial charge in [0.05, 0.1) is 3.79 Å². The average molecular weight is 318 g/mol. The molecule has 1 unspecified atom stereocenters. The van der Waals surface area contributed by atoms with E-state index in [4.69, 9.17) is 0 Å². The Morgan fingerprint density at radius 1 is 1.59 bits per heavy atom. The van der Waals surface area contributed by atoms with Crippen LogP contribution >= 0.6 is 27.3 Å². The van der Waals surface area contributed by atoms with Crippen molar-refractivity contribution < 1.29 is 0 Å². The molecule has 3 nitrogen and oxygen atoms in total. The Labute approximate surface area is 116 Å². The largest absolute Gasteiger partial charge is 0.315 e. The Hall–Kier alpha value is 0.0600. The van der Waals surface area contributed by atoms with E-state index in [1.165, 1.54) is 15.2 Å². The molecule has 0 aromatic carbocycles. The summed E-state index contributed by atoms with van der Waals surface area (Å²) >= 11 is 5.32. The quantitative estimate of drug-likeness (QED) is 0.807. The molecule has 0 bridgehead atoms. The Morgan fingerprint density at radius 2 is 2.47 bits per heavy atom. The molecule has 1 aromatic heterocycles. The van der Waals surface area contributed by atoms with E-state index in [0.29, 0.717) is 6.04 Å². The van der Waals surface area contributed by atoms with Crippen molar-refractivity contribution in [1.29, 1.82) is 0 Å². The molecular weight excluding hydrogens is 298 g/mol. The van der Waals surface area contributed by atoms with Crippen molar-refractivity contribution in [2.75, 3.05) is 39.8 Å². The van der Waals surface area contributed by atoms with E-state index in [-0.39, 0.29) is 0 Å². The van der Waals surface area contributed by atoms with Crippen molar-refractivity contribution >= 4 is 27.3 Å². The van der Waals surface area contributed by atoms with Gasteiger partial charge in [-0.25, -0.2) is 0 Å². The molecule has 1 saturated heterocycles. The summed E-state index contributed by atoms with van der Waals surface area (Å²) in [5.74, 6) is 0. The summed E-state index contributed by atoms with van der Waals surface area (Å²) in [7, 11) is 2.19. The maximum atomic E-state index is 3.54. The van der Waals surface area contributed by atoms with Crippen LogP contribution in [0.5, 0.6) is 0 Å². The number of halogens is 1. The van der Waals surface area contributed by atoms with E-state index in [1.54, 1.807) is 0 Å². The average Bonchev–Trinajstić information content (AvgIpc) is 2.71. The topological polar surface area (TPSA) is 27.3 Å². The Morgan fingerprint density at radius 3 is 3.18 bits per heavy atom. The third-order valence-corrected chi connectivity index (χ3v) is 4.71. The van der Waals surface area contributed by atoms with Gasteiger partial charge in [-0.1, -0.05) is 0 Å². The van der Waals surface area contributed by atoms with Crippen LogP contribution < -0.4 is 10.6 Å². The molecule has 1 aromatic rings. The van der Waals surface area contributed by atoms with Crippen molar-refractivity contribution in [3.8, 4) is 0 Å². The monoisotopic (exact) mass is 317 g/mol. The molecule has 96 valence electrons. The third kappa shape index (κ3) is 4.67. The fourth-order valence-corrected chi connectivity index (χ4v) is 3.58. The van der Waals surface area contributed by atoms with Crippen LogP contribution in [0.2, 0.25) is 0 Å². The molecule has 2 heterocycles. The first kappa shape index (κ1) is 13.5. The molecule has 0 aliphatic carbocycles. The van der Waals surface area contributed by atoms with E-state index >= 15 is 0 Å². The first-order valence-corrected chi connectivity index (χ1v) is 7.72. The summed E-state index contributed by atoms with van der Waals surface area (Å²) in [6.45, 7) is 5.56. The van der Waals surface area contributed by atoms with Gasteiger partial charge < -0.3 is 15.5 Å². The molecule has 17 heavy (non-hydrogen) atoms. The van der Waals surface area contributed by atoms with Gasteiger partial charge in [-0.3, -0.25) is 0 Å². The normalized spacial score (nSPS) is 21.9. The van der Waals surface area contributed by atoms with Gasteiger partial charge in [0.25, 0.3) is 0 Å². The van der Waals surface area contributed by atoms with Gasteiger partial charge in [0, 0.05) is 43.6 Å². The molecule has 0 radical (unpaired) electrons. The first-order chi connectivity index (χ1) is 8.24. The highest BCUT2D eigenvalue weighted by molar-refractivity contribution is 9.11. The van der Waals surface area contributed by atoms with Gasteiger partial charge in [-0.05, 0) is 41.5 Å². The Bertz CT molecular complexity index is 342. The SMILES string of the molecule is CN1CCNC(CNCCc2ccc(Br)s2)C1. The zero-order chi connectivity index (χ0) is 12.1. The minimum absolute atomic E-state index is 0.601. The molecule has 0 amide bonds. The molecule has 0 spiro atoms. The van der Waals surface area contributed by atoms with E-state index in [1.807, 2.05) is 11.3 Å². The number of thiophene rings is 1. The van der Waals surface area contributed by atoms with Crippen LogP contribution in [0.4, 0.5) is 0 Å². The van der Waals surface area contributed by atoms with Crippen LogP contribution in [0, 0.1) is 0 Å². The minimum Gasteiger partial charge on any atom is -0.315 e. The van der Waals surface area contributed by atoms with E-state index < -0.39 is 0 Å². The third-order valence-electron chi connectivity index (χ3n) is 3.03. The van der Waals surface area contributed by atoms with Gasteiger partial charge in [-0.2, -0.15) is 0 Å². The molecule has 1 atom stereocenters.